The summed E-state index contributed by atoms with van der Waals surface area (Å²) >= 11 is 3.24. The molecule has 4 nitrogen and oxygen atoms in total. The summed E-state index contributed by atoms with van der Waals surface area (Å²) in [5.74, 6) is -0.0553. The topological polar surface area (TPSA) is 45.2 Å². The lowest BCUT2D eigenvalue weighted by molar-refractivity contribution is 0.0948. The summed E-state index contributed by atoms with van der Waals surface area (Å²) in [5.41, 5.74) is 0.631. The van der Waals surface area contributed by atoms with Gasteiger partial charge in [-0.3, -0.25) is 4.79 Å². The Labute approximate surface area is 111 Å². The molecule has 0 aliphatic rings. The second kappa shape index (κ2) is 7.40. The van der Waals surface area contributed by atoms with Crippen LogP contribution in [-0.4, -0.2) is 42.0 Å². The molecule has 0 aliphatic carbocycles. The van der Waals surface area contributed by atoms with Gasteiger partial charge >= 0.3 is 0 Å². The molecule has 0 aromatic carbocycles. The number of nitrogens with zero attached hydrogens (tertiary/aromatic N) is 2. The van der Waals surface area contributed by atoms with Crippen LogP contribution < -0.4 is 5.32 Å². The molecule has 1 heterocycles. The molecular formula is C12H18BrN3O. The van der Waals surface area contributed by atoms with Crippen LogP contribution in [0.15, 0.2) is 22.9 Å². The Morgan fingerprint density at radius 1 is 1.47 bits per heavy atom. The summed E-state index contributed by atoms with van der Waals surface area (Å²) < 4.78 is 0.675. The lowest BCUT2D eigenvalue weighted by Gasteiger charge is -2.17. The highest BCUT2D eigenvalue weighted by Gasteiger charge is 2.06. The van der Waals surface area contributed by atoms with Gasteiger partial charge in [-0.05, 0) is 41.2 Å². The van der Waals surface area contributed by atoms with E-state index in [0.29, 0.717) is 16.7 Å². The largest absolute Gasteiger partial charge is 0.351 e. The molecular weight excluding hydrogens is 282 g/mol. The predicted molar refractivity (Wildman–Crippen MR) is 72.1 cm³/mol. The first-order valence-corrected chi connectivity index (χ1v) is 6.58. The molecule has 1 amide bonds. The van der Waals surface area contributed by atoms with Crippen LogP contribution in [-0.2, 0) is 0 Å². The minimum absolute atomic E-state index is 0.0553. The maximum absolute atomic E-state index is 11.8. The van der Waals surface area contributed by atoms with E-state index < -0.39 is 0 Å². The van der Waals surface area contributed by atoms with E-state index in [0.717, 1.165) is 19.6 Å². The van der Waals surface area contributed by atoms with Gasteiger partial charge in [0.25, 0.3) is 5.91 Å². The number of halogens is 1. The number of aromatic nitrogens is 1. The van der Waals surface area contributed by atoms with Gasteiger partial charge in [0.1, 0.15) is 4.60 Å². The van der Waals surface area contributed by atoms with Gasteiger partial charge in [-0.1, -0.05) is 13.8 Å². The highest BCUT2D eigenvalue weighted by atomic mass is 79.9. The number of hydrogen-bond donors (Lipinski definition) is 1. The van der Waals surface area contributed by atoms with Crippen molar-refractivity contribution in [3.8, 4) is 0 Å². The van der Waals surface area contributed by atoms with Crippen molar-refractivity contribution in [1.82, 2.24) is 15.2 Å². The summed E-state index contributed by atoms with van der Waals surface area (Å²) in [6.07, 6.45) is 1.61. The Kier molecular flexibility index (Phi) is 6.15. The van der Waals surface area contributed by atoms with Crippen molar-refractivity contribution in [1.29, 1.82) is 0 Å². The molecule has 17 heavy (non-hydrogen) atoms. The van der Waals surface area contributed by atoms with Gasteiger partial charge < -0.3 is 10.2 Å². The average Bonchev–Trinajstić information content (AvgIpc) is 2.34. The van der Waals surface area contributed by atoms with Crippen LogP contribution in [0.3, 0.4) is 0 Å². The quantitative estimate of drug-likeness (QED) is 0.816. The van der Waals surface area contributed by atoms with Crippen molar-refractivity contribution >= 4 is 21.8 Å². The zero-order chi connectivity index (χ0) is 12.7. The summed E-state index contributed by atoms with van der Waals surface area (Å²) in [4.78, 5) is 18.0. The molecule has 0 spiro atoms. The highest BCUT2D eigenvalue weighted by Crippen LogP contribution is 2.07. The minimum Gasteiger partial charge on any atom is -0.351 e. The molecule has 94 valence electrons. The van der Waals surface area contributed by atoms with Gasteiger partial charge in [0.2, 0.25) is 0 Å². The van der Waals surface area contributed by atoms with Crippen molar-refractivity contribution < 1.29 is 4.79 Å². The summed E-state index contributed by atoms with van der Waals surface area (Å²) in [7, 11) is 0. The summed E-state index contributed by atoms with van der Waals surface area (Å²) in [5, 5.41) is 2.90. The Hall–Kier alpha value is -0.940. The number of likely N-dealkylation sites (N-methyl/N-ethyl adjacent to an activating group) is 1. The second-order valence-corrected chi connectivity index (χ2v) is 4.46. The van der Waals surface area contributed by atoms with E-state index in [-0.39, 0.29) is 5.91 Å². The molecule has 0 atom stereocenters. The van der Waals surface area contributed by atoms with E-state index in [2.05, 4.69) is 45.0 Å². The predicted octanol–water partition coefficient (Wildman–Crippen LogP) is 1.92. The molecule has 0 unspecified atom stereocenters. The number of carbonyl (C=O) groups is 1. The summed E-state index contributed by atoms with van der Waals surface area (Å²) in [6, 6.07) is 3.42. The molecule has 0 aliphatic heterocycles. The molecule has 0 radical (unpaired) electrons. The second-order valence-electron chi connectivity index (χ2n) is 3.65. The van der Waals surface area contributed by atoms with E-state index in [1.165, 1.54) is 0 Å². The molecule has 0 saturated heterocycles. The van der Waals surface area contributed by atoms with Gasteiger partial charge in [-0.25, -0.2) is 4.98 Å². The van der Waals surface area contributed by atoms with E-state index in [9.17, 15) is 4.79 Å². The fourth-order valence-electron chi connectivity index (χ4n) is 1.51. The Bertz CT molecular complexity index is 367. The van der Waals surface area contributed by atoms with Crippen molar-refractivity contribution in [2.45, 2.75) is 13.8 Å². The Morgan fingerprint density at radius 2 is 2.18 bits per heavy atom. The van der Waals surface area contributed by atoms with Gasteiger partial charge in [-0.15, -0.1) is 0 Å². The van der Waals surface area contributed by atoms with Crippen molar-refractivity contribution in [2.24, 2.45) is 0 Å². The smallest absolute Gasteiger partial charge is 0.251 e. The van der Waals surface area contributed by atoms with Gasteiger partial charge in [0.15, 0.2) is 0 Å². The normalized spacial score (nSPS) is 10.6. The monoisotopic (exact) mass is 299 g/mol. The van der Waals surface area contributed by atoms with Crippen molar-refractivity contribution in [3.63, 3.8) is 0 Å². The Morgan fingerprint density at radius 3 is 2.76 bits per heavy atom. The van der Waals surface area contributed by atoms with Crippen LogP contribution >= 0.6 is 15.9 Å². The van der Waals surface area contributed by atoms with Crippen LogP contribution in [0.2, 0.25) is 0 Å². The average molecular weight is 300 g/mol. The third-order valence-electron chi connectivity index (χ3n) is 2.60. The number of hydrogen-bond acceptors (Lipinski definition) is 3. The molecule has 1 N–H and O–H groups in total. The van der Waals surface area contributed by atoms with Crippen LogP contribution in [0.1, 0.15) is 24.2 Å². The molecule has 0 fully saturated rings. The number of nitrogens with one attached hydrogen (secondary N) is 1. The van der Waals surface area contributed by atoms with Gasteiger partial charge in [0.05, 0.1) is 0 Å². The van der Waals surface area contributed by atoms with E-state index in [1.54, 1.807) is 18.3 Å². The fraction of sp³-hybridized carbons (Fsp3) is 0.500. The zero-order valence-electron chi connectivity index (χ0n) is 10.2. The van der Waals surface area contributed by atoms with E-state index in [1.807, 2.05) is 0 Å². The molecule has 0 saturated carbocycles. The van der Waals surface area contributed by atoms with Crippen LogP contribution in [0, 0.1) is 0 Å². The van der Waals surface area contributed by atoms with Crippen molar-refractivity contribution in [3.05, 3.63) is 28.5 Å². The fourth-order valence-corrected chi connectivity index (χ4v) is 1.88. The lowest BCUT2D eigenvalue weighted by Crippen LogP contribution is -2.34. The van der Waals surface area contributed by atoms with E-state index >= 15 is 0 Å². The minimum atomic E-state index is -0.0553. The standard InChI is InChI=1S/C12H18BrN3O/c1-3-16(4-2)8-7-15-12(17)10-5-6-14-11(13)9-10/h5-6,9H,3-4,7-8H2,1-2H3,(H,15,17). The highest BCUT2D eigenvalue weighted by molar-refractivity contribution is 9.10. The number of rotatable bonds is 6. The number of carbonyl (C=O) groups excluding carboxylic acids is 1. The third kappa shape index (κ3) is 4.83. The molecule has 1 aromatic heterocycles. The first-order chi connectivity index (χ1) is 8.17. The third-order valence-corrected chi connectivity index (χ3v) is 3.03. The van der Waals surface area contributed by atoms with Crippen LogP contribution in [0.4, 0.5) is 0 Å². The Balaban J connectivity index is 2.40. The first-order valence-electron chi connectivity index (χ1n) is 5.79. The van der Waals surface area contributed by atoms with Gasteiger partial charge in [-0.2, -0.15) is 0 Å². The van der Waals surface area contributed by atoms with Crippen molar-refractivity contribution in [2.75, 3.05) is 26.2 Å². The van der Waals surface area contributed by atoms with Crippen LogP contribution in [0.5, 0.6) is 0 Å². The van der Waals surface area contributed by atoms with E-state index in [4.69, 9.17) is 0 Å². The number of amides is 1. The number of pyridine rings is 1. The maximum atomic E-state index is 11.8. The molecule has 1 rings (SSSR count). The maximum Gasteiger partial charge on any atom is 0.251 e. The molecule has 5 heteroatoms. The SMILES string of the molecule is CCN(CC)CCNC(=O)c1ccnc(Br)c1. The van der Waals surface area contributed by atoms with Gasteiger partial charge in [0, 0.05) is 24.8 Å². The first kappa shape index (κ1) is 14.1. The zero-order valence-corrected chi connectivity index (χ0v) is 11.8. The van der Waals surface area contributed by atoms with Crippen LogP contribution in [0.25, 0.3) is 0 Å². The lowest BCUT2D eigenvalue weighted by atomic mass is 10.2. The molecule has 1 aromatic rings. The molecule has 0 bridgehead atoms. The summed E-state index contributed by atoms with van der Waals surface area (Å²) in [6.45, 7) is 7.79.